The van der Waals surface area contributed by atoms with Gasteiger partial charge in [0.15, 0.2) is 0 Å². The van der Waals surface area contributed by atoms with Crippen LogP contribution in [-0.2, 0) is 9.59 Å². The van der Waals surface area contributed by atoms with Crippen molar-refractivity contribution in [1.29, 1.82) is 0 Å². The zero-order valence-corrected chi connectivity index (χ0v) is 9.08. The molecule has 1 fully saturated rings. The van der Waals surface area contributed by atoms with Crippen molar-refractivity contribution in [3.8, 4) is 0 Å². The fourth-order valence-corrected chi connectivity index (χ4v) is 1.66. The molecule has 0 aromatic rings. The molecule has 2 amide bonds. The van der Waals surface area contributed by atoms with Crippen molar-refractivity contribution in [2.45, 2.75) is 45.1 Å². The predicted molar refractivity (Wildman–Crippen MR) is 58.0 cm³/mol. The summed E-state index contributed by atoms with van der Waals surface area (Å²) in [7, 11) is 0. The van der Waals surface area contributed by atoms with E-state index in [0.717, 1.165) is 25.7 Å². The van der Waals surface area contributed by atoms with Gasteiger partial charge in [0.2, 0.25) is 11.8 Å². The van der Waals surface area contributed by atoms with Crippen LogP contribution < -0.4 is 11.1 Å². The number of hydrogen-bond acceptors (Lipinski definition) is 2. The number of nitrogens with two attached hydrogens (primary N) is 1. The first kappa shape index (κ1) is 11.8. The molecule has 1 saturated carbocycles. The van der Waals surface area contributed by atoms with Gasteiger partial charge in [-0.3, -0.25) is 9.59 Å². The number of nitrogens with one attached hydrogen (secondary N) is 1. The molecule has 0 saturated heterocycles. The number of rotatable bonds is 3. The van der Waals surface area contributed by atoms with E-state index in [-0.39, 0.29) is 5.91 Å². The lowest BCUT2D eigenvalue weighted by molar-refractivity contribution is -0.124. The average molecular weight is 210 g/mol. The minimum atomic E-state index is -0.599. The van der Waals surface area contributed by atoms with Crippen LogP contribution in [0.15, 0.2) is 11.6 Å². The molecule has 4 heteroatoms. The van der Waals surface area contributed by atoms with E-state index in [1.54, 1.807) is 13.0 Å². The molecule has 1 aliphatic carbocycles. The summed E-state index contributed by atoms with van der Waals surface area (Å²) >= 11 is 0. The van der Waals surface area contributed by atoms with Crippen molar-refractivity contribution in [2.24, 2.45) is 5.73 Å². The summed E-state index contributed by atoms with van der Waals surface area (Å²) < 4.78 is 0. The maximum absolute atomic E-state index is 11.4. The highest BCUT2D eigenvalue weighted by Crippen LogP contribution is 2.22. The predicted octanol–water partition coefficient (Wildman–Crippen LogP) is 0.867. The van der Waals surface area contributed by atoms with Crippen molar-refractivity contribution < 1.29 is 9.59 Å². The van der Waals surface area contributed by atoms with Crippen LogP contribution in [0.25, 0.3) is 0 Å². The molecule has 1 atom stereocenters. The van der Waals surface area contributed by atoms with Gasteiger partial charge in [0.1, 0.15) is 6.04 Å². The molecule has 0 aromatic heterocycles. The Hall–Kier alpha value is -1.32. The second kappa shape index (κ2) is 5.53. The summed E-state index contributed by atoms with van der Waals surface area (Å²) in [5.74, 6) is -0.719. The first-order valence-electron chi connectivity index (χ1n) is 5.39. The minimum absolute atomic E-state index is 0.210. The Balaban J connectivity index is 2.43. The molecule has 0 unspecified atom stereocenters. The van der Waals surface area contributed by atoms with E-state index in [2.05, 4.69) is 5.32 Å². The van der Waals surface area contributed by atoms with E-state index in [1.807, 2.05) is 0 Å². The van der Waals surface area contributed by atoms with Crippen LogP contribution in [0.3, 0.4) is 0 Å². The molecular weight excluding hydrogens is 192 g/mol. The summed E-state index contributed by atoms with van der Waals surface area (Å²) in [6.07, 6.45) is 7.17. The third-order valence-electron chi connectivity index (χ3n) is 2.62. The van der Waals surface area contributed by atoms with Crippen LogP contribution >= 0.6 is 0 Å². The van der Waals surface area contributed by atoms with E-state index in [0.29, 0.717) is 0 Å². The topological polar surface area (TPSA) is 72.2 Å². The molecule has 0 radical (unpaired) electrons. The second-order valence-electron chi connectivity index (χ2n) is 4.00. The van der Waals surface area contributed by atoms with Gasteiger partial charge in [0.05, 0.1) is 0 Å². The molecule has 4 nitrogen and oxygen atoms in total. The van der Waals surface area contributed by atoms with E-state index >= 15 is 0 Å². The maximum Gasteiger partial charge on any atom is 0.244 e. The lowest BCUT2D eigenvalue weighted by Gasteiger charge is -2.14. The zero-order chi connectivity index (χ0) is 11.3. The highest BCUT2D eigenvalue weighted by Gasteiger charge is 2.12. The number of carbonyl (C=O) groups excluding carboxylic acids is 2. The van der Waals surface area contributed by atoms with Crippen molar-refractivity contribution in [2.75, 3.05) is 0 Å². The lowest BCUT2D eigenvalue weighted by atomic mass is 9.94. The van der Waals surface area contributed by atoms with Crippen molar-refractivity contribution in [3.63, 3.8) is 0 Å². The second-order valence-corrected chi connectivity index (χ2v) is 4.00. The van der Waals surface area contributed by atoms with Gasteiger partial charge in [-0.2, -0.15) is 0 Å². The van der Waals surface area contributed by atoms with Gasteiger partial charge in [-0.25, -0.2) is 0 Å². The van der Waals surface area contributed by atoms with Gasteiger partial charge >= 0.3 is 0 Å². The number of allylic oxidation sites excluding steroid dienone is 1. The normalized spacial score (nSPS) is 18.1. The summed E-state index contributed by atoms with van der Waals surface area (Å²) in [5, 5.41) is 2.54. The van der Waals surface area contributed by atoms with Crippen molar-refractivity contribution in [3.05, 3.63) is 11.6 Å². The van der Waals surface area contributed by atoms with Gasteiger partial charge in [0, 0.05) is 6.08 Å². The smallest absolute Gasteiger partial charge is 0.244 e. The molecule has 1 rings (SSSR count). The zero-order valence-electron chi connectivity index (χ0n) is 9.08. The van der Waals surface area contributed by atoms with E-state index in [1.165, 1.54) is 12.0 Å². The third-order valence-corrected chi connectivity index (χ3v) is 2.62. The Bertz CT molecular complexity index is 276. The fourth-order valence-electron chi connectivity index (χ4n) is 1.66. The quantitative estimate of drug-likeness (QED) is 0.678. The van der Waals surface area contributed by atoms with E-state index in [9.17, 15) is 9.59 Å². The first-order valence-corrected chi connectivity index (χ1v) is 5.39. The lowest BCUT2D eigenvalue weighted by Crippen LogP contribution is -2.41. The SMILES string of the molecule is C[C@H](NC(=O)C=C1CCCCC1)C(N)=O. The van der Waals surface area contributed by atoms with Gasteiger partial charge in [0.25, 0.3) is 0 Å². The van der Waals surface area contributed by atoms with Gasteiger partial charge < -0.3 is 11.1 Å². The molecule has 0 aromatic carbocycles. The first-order chi connectivity index (χ1) is 7.09. The van der Waals surface area contributed by atoms with Crippen LogP contribution in [0.5, 0.6) is 0 Å². The van der Waals surface area contributed by atoms with Crippen LogP contribution in [0.2, 0.25) is 0 Å². The Morgan fingerprint density at radius 2 is 1.93 bits per heavy atom. The molecule has 15 heavy (non-hydrogen) atoms. The Labute approximate surface area is 89.9 Å². The average Bonchev–Trinajstić information content (AvgIpc) is 2.18. The summed E-state index contributed by atoms with van der Waals surface area (Å²) in [6, 6.07) is -0.599. The molecular formula is C11H18N2O2. The third kappa shape index (κ3) is 4.14. The minimum Gasteiger partial charge on any atom is -0.368 e. The summed E-state index contributed by atoms with van der Waals surface area (Å²) in [6.45, 7) is 1.58. The van der Waals surface area contributed by atoms with Gasteiger partial charge in [-0.05, 0) is 32.6 Å². The van der Waals surface area contributed by atoms with Gasteiger partial charge in [-0.1, -0.05) is 12.0 Å². The van der Waals surface area contributed by atoms with Crippen LogP contribution in [0.1, 0.15) is 39.0 Å². The van der Waals surface area contributed by atoms with Crippen LogP contribution in [-0.4, -0.2) is 17.9 Å². The van der Waals surface area contributed by atoms with Crippen molar-refractivity contribution in [1.82, 2.24) is 5.32 Å². The van der Waals surface area contributed by atoms with E-state index < -0.39 is 11.9 Å². The summed E-state index contributed by atoms with van der Waals surface area (Å²) in [4.78, 5) is 22.1. The fraction of sp³-hybridized carbons (Fsp3) is 0.636. The van der Waals surface area contributed by atoms with Crippen LogP contribution in [0.4, 0.5) is 0 Å². The Morgan fingerprint density at radius 3 is 2.47 bits per heavy atom. The molecule has 3 N–H and O–H groups in total. The number of primary amides is 1. The largest absolute Gasteiger partial charge is 0.368 e. The molecule has 1 aliphatic rings. The molecule has 0 bridgehead atoms. The molecule has 84 valence electrons. The molecule has 0 aliphatic heterocycles. The number of carbonyl (C=O) groups is 2. The van der Waals surface area contributed by atoms with E-state index in [4.69, 9.17) is 5.73 Å². The monoisotopic (exact) mass is 210 g/mol. The molecule has 0 heterocycles. The highest BCUT2D eigenvalue weighted by molar-refractivity contribution is 5.92. The Morgan fingerprint density at radius 1 is 1.33 bits per heavy atom. The van der Waals surface area contributed by atoms with Gasteiger partial charge in [-0.15, -0.1) is 0 Å². The van der Waals surface area contributed by atoms with Crippen LogP contribution in [0, 0.1) is 0 Å². The standard InChI is InChI=1S/C11H18N2O2/c1-8(11(12)15)13-10(14)7-9-5-3-2-4-6-9/h7-8H,2-6H2,1H3,(H2,12,15)(H,13,14)/t8-/m0/s1. The summed E-state index contributed by atoms with van der Waals surface area (Å²) in [5.41, 5.74) is 6.22. The number of hydrogen-bond donors (Lipinski definition) is 2. The molecule has 0 spiro atoms. The maximum atomic E-state index is 11.4. The number of amides is 2. The van der Waals surface area contributed by atoms with Crippen molar-refractivity contribution >= 4 is 11.8 Å². The highest BCUT2D eigenvalue weighted by atomic mass is 16.2. The Kier molecular flexibility index (Phi) is 4.34.